The van der Waals surface area contributed by atoms with E-state index in [9.17, 15) is 4.79 Å². The topological polar surface area (TPSA) is 55.6 Å². The maximum atomic E-state index is 11.0. The van der Waals surface area contributed by atoms with Gasteiger partial charge in [-0.1, -0.05) is 0 Å². The van der Waals surface area contributed by atoms with Crippen molar-refractivity contribution in [3.05, 3.63) is 0 Å². The molecular weight excluding hydrogens is 144 g/mol. The molecule has 1 aliphatic heterocycles. The molecule has 0 aromatic carbocycles. The molecule has 1 atom stereocenters. The summed E-state index contributed by atoms with van der Waals surface area (Å²) in [6.07, 6.45) is -0.250. The third-order valence-corrected chi connectivity index (χ3v) is 2.13. The van der Waals surface area contributed by atoms with Gasteiger partial charge in [-0.3, -0.25) is 4.90 Å². The van der Waals surface area contributed by atoms with Gasteiger partial charge in [0.1, 0.15) is 6.61 Å². The van der Waals surface area contributed by atoms with Crippen LogP contribution in [0, 0.1) is 0 Å². The van der Waals surface area contributed by atoms with Crippen molar-refractivity contribution in [2.75, 3.05) is 19.7 Å². The van der Waals surface area contributed by atoms with Crippen molar-refractivity contribution in [3.63, 3.8) is 0 Å². The average Bonchev–Trinajstić information content (AvgIpc) is 2.29. The lowest BCUT2D eigenvalue weighted by molar-refractivity contribution is 0.156. The van der Waals surface area contributed by atoms with Crippen molar-refractivity contribution in [2.24, 2.45) is 5.73 Å². The molecule has 0 radical (unpaired) electrons. The number of nitrogens with two attached hydrogens (primary N) is 1. The van der Waals surface area contributed by atoms with Crippen LogP contribution in [0.1, 0.15) is 13.8 Å². The van der Waals surface area contributed by atoms with E-state index in [1.807, 2.05) is 13.8 Å². The molecule has 2 N–H and O–H groups in total. The van der Waals surface area contributed by atoms with Crippen LogP contribution in [0.3, 0.4) is 0 Å². The summed E-state index contributed by atoms with van der Waals surface area (Å²) < 4.78 is 4.87. The summed E-state index contributed by atoms with van der Waals surface area (Å²) in [4.78, 5) is 12.7. The van der Waals surface area contributed by atoms with Gasteiger partial charge in [0.05, 0.1) is 5.54 Å². The fraction of sp³-hybridized carbons (Fsp3) is 0.857. The molecule has 0 bridgehead atoms. The van der Waals surface area contributed by atoms with Gasteiger partial charge in [0.15, 0.2) is 0 Å². The minimum atomic E-state index is -0.286. The Kier molecular flexibility index (Phi) is 2.04. The third-order valence-electron chi connectivity index (χ3n) is 2.13. The molecule has 0 aliphatic carbocycles. The van der Waals surface area contributed by atoms with E-state index in [1.54, 1.807) is 4.90 Å². The highest BCUT2D eigenvalue weighted by Gasteiger charge is 2.41. The summed E-state index contributed by atoms with van der Waals surface area (Å²) in [5.41, 5.74) is 5.24. The predicted molar refractivity (Wildman–Crippen MR) is 41.2 cm³/mol. The van der Waals surface area contributed by atoms with Crippen molar-refractivity contribution in [1.82, 2.24) is 4.90 Å². The van der Waals surface area contributed by atoms with E-state index in [-0.39, 0.29) is 11.6 Å². The predicted octanol–water partition coefficient (Wildman–Crippen LogP) is 0.176. The van der Waals surface area contributed by atoms with Crippen molar-refractivity contribution >= 4 is 6.09 Å². The maximum absolute atomic E-state index is 11.0. The number of carbonyl (C=O) groups is 1. The number of amides is 1. The van der Waals surface area contributed by atoms with Gasteiger partial charge in [0.25, 0.3) is 0 Å². The lowest BCUT2D eigenvalue weighted by Crippen LogP contribution is -2.49. The summed E-state index contributed by atoms with van der Waals surface area (Å²) in [5, 5.41) is 0. The number of likely N-dealkylation sites (N-methyl/N-ethyl adjacent to an activating group) is 1. The lowest BCUT2D eigenvalue weighted by atomic mass is 10.0. The zero-order chi connectivity index (χ0) is 8.48. The highest BCUT2D eigenvalue weighted by Crippen LogP contribution is 2.21. The number of carbonyl (C=O) groups excluding carboxylic acids is 1. The van der Waals surface area contributed by atoms with Gasteiger partial charge in [-0.15, -0.1) is 0 Å². The fourth-order valence-electron chi connectivity index (χ4n) is 1.27. The van der Waals surface area contributed by atoms with E-state index in [0.29, 0.717) is 19.7 Å². The lowest BCUT2D eigenvalue weighted by Gasteiger charge is -2.29. The summed E-state index contributed by atoms with van der Waals surface area (Å²) in [7, 11) is 0. The zero-order valence-electron chi connectivity index (χ0n) is 6.96. The van der Waals surface area contributed by atoms with Gasteiger partial charge < -0.3 is 10.5 Å². The first-order valence-corrected chi connectivity index (χ1v) is 3.78. The fourth-order valence-corrected chi connectivity index (χ4v) is 1.27. The number of nitrogens with zero attached hydrogens (tertiary/aromatic N) is 1. The SMILES string of the molecule is CCN1C(=O)OCC1(C)CN. The minimum Gasteiger partial charge on any atom is -0.447 e. The van der Waals surface area contributed by atoms with Gasteiger partial charge in [0.2, 0.25) is 0 Å². The molecule has 0 aromatic rings. The standard InChI is InChI=1S/C7H14N2O2/c1-3-9-6(10)11-5-7(9,2)4-8/h3-5,8H2,1-2H3. The van der Waals surface area contributed by atoms with Crippen LogP contribution in [0.5, 0.6) is 0 Å². The van der Waals surface area contributed by atoms with Crippen LogP contribution in [0.15, 0.2) is 0 Å². The molecule has 64 valence electrons. The van der Waals surface area contributed by atoms with Crippen molar-refractivity contribution < 1.29 is 9.53 Å². The minimum absolute atomic E-state index is 0.250. The average molecular weight is 158 g/mol. The van der Waals surface area contributed by atoms with Gasteiger partial charge in [-0.25, -0.2) is 4.79 Å². The van der Waals surface area contributed by atoms with Crippen molar-refractivity contribution in [2.45, 2.75) is 19.4 Å². The number of rotatable bonds is 2. The summed E-state index contributed by atoms with van der Waals surface area (Å²) in [5.74, 6) is 0. The number of hydrogen-bond acceptors (Lipinski definition) is 3. The molecule has 0 spiro atoms. The third kappa shape index (κ3) is 1.18. The molecule has 11 heavy (non-hydrogen) atoms. The second-order valence-corrected chi connectivity index (χ2v) is 3.00. The molecule has 4 nitrogen and oxygen atoms in total. The Morgan fingerprint density at radius 1 is 1.82 bits per heavy atom. The Balaban J connectivity index is 2.75. The Labute approximate surface area is 66.3 Å². The van der Waals surface area contributed by atoms with Crippen LogP contribution >= 0.6 is 0 Å². The molecule has 1 rings (SSSR count). The van der Waals surface area contributed by atoms with Crippen LogP contribution in [0.4, 0.5) is 4.79 Å². The molecule has 1 amide bonds. The summed E-state index contributed by atoms with van der Waals surface area (Å²) >= 11 is 0. The summed E-state index contributed by atoms with van der Waals surface area (Å²) in [6, 6.07) is 0. The first-order valence-electron chi connectivity index (χ1n) is 3.78. The van der Waals surface area contributed by atoms with E-state index in [4.69, 9.17) is 10.5 Å². The van der Waals surface area contributed by atoms with Crippen LogP contribution in [0.25, 0.3) is 0 Å². The van der Waals surface area contributed by atoms with E-state index < -0.39 is 0 Å². The second-order valence-electron chi connectivity index (χ2n) is 3.00. The largest absolute Gasteiger partial charge is 0.447 e. The van der Waals surface area contributed by atoms with E-state index in [1.165, 1.54) is 0 Å². The number of hydrogen-bond donors (Lipinski definition) is 1. The van der Waals surface area contributed by atoms with Gasteiger partial charge in [-0.05, 0) is 13.8 Å². The molecule has 1 unspecified atom stereocenters. The molecule has 1 fully saturated rings. The van der Waals surface area contributed by atoms with Gasteiger partial charge >= 0.3 is 6.09 Å². The molecule has 1 heterocycles. The second kappa shape index (κ2) is 2.70. The normalized spacial score (nSPS) is 30.8. The van der Waals surface area contributed by atoms with E-state index >= 15 is 0 Å². The number of ether oxygens (including phenoxy) is 1. The maximum Gasteiger partial charge on any atom is 0.410 e. The van der Waals surface area contributed by atoms with Crippen molar-refractivity contribution in [3.8, 4) is 0 Å². The van der Waals surface area contributed by atoms with E-state index in [2.05, 4.69) is 0 Å². The van der Waals surface area contributed by atoms with E-state index in [0.717, 1.165) is 0 Å². The summed E-state index contributed by atoms with van der Waals surface area (Å²) in [6.45, 7) is 5.37. The molecule has 1 saturated heterocycles. The molecular formula is C7H14N2O2. The van der Waals surface area contributed by atoms with Crippen molar-refractivity contribution in [1.29, 1.82) is 0 Å². The van der Waals surface area contributed by atoms with Crippen LogP contribution in [-0.4, -0.2) is 36.2 Å². The Bertz CT molecular complexity index is 172. The van der Waals surface area contributed by atoms with Gasteiger partial charge in [0, 0.05) is 13.1 Å². The molecule has 0 aromatic heterocycles. The highest BCUT2D eigenvalue weighted by atomic mass is 16.6. The highest BCUT2D eigenvalue weighted by molar-refractivity contribution is 5.71. The first-order chi connectivity index (χ1) is 5.14. The van der Waals surface area contributed by atoms with Gasteiger partial charge in [-0.2, -0.15) is 0 Å². The Morgan fingerprint density at radius 2 is 2.45 bits per heavy atom. The monoisotopic (exact) mass is 158 g/mol. The number of cyclic esters (lactones) is 1. The molecule has 0 saturated carbocycles. The molecule has 4 heteroatoms. The Hall–Kier alpha value is -0.770. The van der Waals surface area contributed by atoms with Crippen LogP contribution < -0.4 is 5.73 Å². The van der Waals surface area contributed by atoms with Crippen LogP contribution in [0.2, 0.25) is 0 Å². The smallest absolute Gasteiger partial charge is 0.410 e. The Morgan fingerprint density at radius 3 is 2.82 bits per heavy atom. The first kappa shape index (κ1) is 8.33. The van der Waals surface area contributed by atoms with Crippen LogP contribution in [-0.2, 0) is 4.74 Å². The molecule has 1 aliphatic rings. The zero-order valence-corrected chi connectivity index (χ0v) is 6.96. The quantitative estimate of drug-likeness (QED) is 0.623.